The molecule has 3 heterocycles. The fraction of sp³-hybridized carbons (Fsp3) is 0.583. The van der Waals surface area contributed by atoms with Crippen molar-refractivity contribution >= 4 is 17.7 Å². The Labute approximate surface area is 193 Å². The molecule has 6 unspecified atom stereocenters. The summed E-state index contributed by atoms with van der Waals surface area (Å²) < 4.78 is 0. The lowest BCUT2D eigenvalue weighted by Gasteiger charge is -2.38. The van der Waals surface area contributed by atoms with Gasteiger partial charge in [0.2, 0.25) is 11.8 Å². The van der Waals surface area contributed by atoms with Gasteiger partial charge in [0.15, 0.2) is 0 Å². The van der Waals surface area contributed by atoms with Crippen LogP contribution >= 0.6 is 0 Å². The number of hydrogen-bond donors (Lipinski definition) is 2. The molecule has 7 atom stereocenters. The van der Waals surface area contributed by atoms with E-state index >= 15 is 0 Å². The van der Waals surface area contributed by atoms with Crippen LogP contribution < -0.4 is 11.1 Å². The van der Waals surface area contributed by atoms with Gasteiger partial charge in [-0.05, 0) is 49.8 Å². The van der Waals surface area contributed by atoms with Gasteiger partial charge in [0.1, 0.15) is 6.04 Å². The summed E-state index contributed by atoms with van der Waals surface area (Å²) in [5.74, 6) is 0.171. The monoisotopic (exact) mass is 450 g/mol. The number of piperazine rings is 1. The van der Waals surface area contributed by atoms with Gasteiger partial charge in [-0.1, -0.05) is 12.1 Å². The summed E-state index contributed by atoms with van der Waals surface area (Å²) >= 11 is 0. The van der Waals surface area contributed by atoms with Crippen LogP contribution in [0.1, 0.15) is 48.1 Å². The summed E-state index contributed by atoms with van der Waals surface area (Å²) in [6.07, 6.45) is 2.44. The van der Waals surface area contributed by atoms with Crippen LogP contribution in [0.15, 0.2) is 24.3 Å². The van der Waals surface area contributed by atoms with Gasteiger partial charge in [-0.25, -0.2) is 0 Å². The van der Waals surface area contributed by atoms with E-state index in [9.17, 15) is 19.6 Å². The summed E-state index contributed by atoms with van der Waals surface area (Å²) in [5.41, 5.74) is 7.78. The first-order chi connectivity index (χ1) is 15.8. The third kappa shape index (κ3) is 3.58. The highest BCUT2D eigenvalue weighted by molar-refractivity contribution is 5.94. The Morgan fingerprint density at radius 3 is 2.79 bits per heavy atom. The standard InChI is InChI=1S/C24H30N6O3/c1-13(14-4-3-5-15(6-14)22(31)27-2)29-18-9-21(24(29)33)28(11-18)12-19(26)23(32)30-17(10-25)7-16-8-20(16)30/h3-6,13,16-21H,7-9,11-12,26H2,1-2H3,(H,27,31)/t13?,16?,17?,18-,19?,20?,21?/m0/s1. The Balaban J connectivity index is 1.24. The van der Waals surface area contributed by atoms with Crippen molar-refractivity contribution in [3.05, 3.63) is 35.4 Å². The predicted octanol–water partition coefficient (Wildman–Crippen LogP) is 0.233. The smallest absolute Gasteiger partial charge is 0.251 e. The molecule has 174 valence electrons. The Hall–Kier alpha value is -2.96. The maximum atomic E-state index is 13.3. The van der Waals surface area contributed by atoms with Gasteiger partial charge in [0.25, 0.3) is 5.91 Å². The van der Waals surface area contributed by atoms with E-state index in [1.165, 1.54) is 0 Å². The molecular formula is C24H30N6O3. The van der Waals surface area contributed by atoms with Crippen LogP contribution in [0.2, 0.25) is 0 Å². The Morgan fingerprint density at radius 2 is 2.09 bits per heavy atom. The van der Waals surface area contributed by atoms with E-state index in [1.807, 2.05) is 34.9 Å². The van der Waals surface area contributed by atoms with Gasteiger partial charge in [-0.2, -0.15) is 5.26 Å². The van der Waals surface area contributed by atoms with Crippen molar-refractivity contribution in [3.63, 3.8) is 0 Å². The third-order valence-corrected chi connectivity index (χ3v) is 7.85. The zero-order valence-electron chi connectivity index (χ0n) is 19.0. The quantitative estimate of drug-likeness (QED) is 0.640. The molecule has 9 heteroatoms. The van der Waals surface area contributed by atoms with Crippen LogP contribution in [0, 0.1) is 17.2 Å². The number of carbonyl (C=O) groups is 3. The molecule has 0 spiro atoms. The minimum Gasteiger partial charge on any atom is -0.355 e. The van der Waals surface area contributed by atoms with Crippen molar-refractivity contribution in [2.24, 2.45) is 11.7 Å². The van der Waals surface area contributed by atoms with Crippen LogP contribution in [-0.2, 0) is 9.59 Å². The number of piperidine rings is 1. The largest absolute Gasteiger partial charge is 0.355 e. The molecule has 9 nitrogen and oxygen atoms in total. The molecule has 3 aliphatic heterocycles. The molecular weight excluding hydrogens is 420 g/mol. The maximum absolute atomic E-state index is 13.3. The number of nitrogens with one attached hydrogen (secondary N) is 1. The first-order valence-corrected chi connectivity index (χ1v) is 11.7. The second-order valence-electron chi connectivity index (χ2n) is 9.78. The lowest BCUT2D eigenvalue weighted by atomic mass is 10.0. The van der Waals surface area contributed by atoms with Crippen molar-refractivity contribution in [1.29, 1.82) is 5.26 Å². The number of hydrogen-bond acceptors (Lipinski definition) is 6. The van der Waals surface area contributed by atoms with Gasteiger partial charge in [0.05, 0.1) is 24.2 Å². The van der Waals surface area contributed by atoms with E-state index in [0.717, 1.165) is 18.4 Å². The molecule has 3 amide bonds. The number of nitrogens with two attached hydrogens (primary N) is 1. The number of nitrogens with zero attached hydrogens (tertiary/aromatic N) is 4. The molecule has 1 saturated carbocycles. The molecule has 1 aromatic carbocycles. The number of carbonyl (C=O) groups excluding carboxylic acids is 3. The van der Waals surface area contributed by atoms with Crippen molar-refractivity contribution in [3.8, 4) is 6.07 Å². The number of likely N-dealkylation sites (tertiary alicyclic amines) is 3. The summed E-state index contributed by atoms with van der Waals surface area (Å²) in [6.45, 7) is 2.99. The Kier molecular flexibility index (Phi) is 5.38. The zero-order valence-corrected chi connectivity index (χ0v) is 19.0. The minimum absolute atomic E-state index is 0.0436. The van der Waals surface area contributed by atoms with Crippen molar-refractivity contribution < 1.29 is 14.4 Å². The average Bonchev–Trinajstić information content (AvgIpc) is 3.15. The second kappa shape index (κ2) is 8.12. The number of nitriles is 1. The first-order valence-electron chi connectivity index (χ1n) is 11.7. The topological polar surface area (TPSA) is 123 Å². The highest BCUT2D eigenvalue weighted by Gasteiger charge is 2.56. The van der Waals surface area contributed by atoms with Crippen LogP contribution in [0.5, 0.6) is 0 Å². The number of rotatable bonds is 6. The summed E-state index contributed by atoms with van der Waals surface area (Å²) in [7, 11) is 1.60. The van der Waals surface area contributed by atoms with E-state index in [0.29, 0.717) is 31.0 Å². The van der Waals surface area contributed by atoms with E-state index in [1.54, 1.807) is 18.0 Å². The number of benzene rings is 1. The van der Waals surface area contributed by atoms with Crippen LogP contribution in [0.4, 0.5) is 0 Å². The molecule has 5 rings (SSSR count). The molecule has 2 bridgehead atoms. The van der Waals surface area contributed by atoms with Crippen molar-refractivity contribution in [2.45, 2.75) is 62.4 Å². The van der Waals surface area contributed by atoms with Gasteiger partial charge >= 0.3 is 0 Å². The lowest BCUT2D eigenvalue weighted by Crippen LogP contribution is -2.57. The molecule has 1 aromatic rings. The summed E-state index contributed by atoms with van der Waals surface area (Å²) in [6, 6.07) is 8.30. The van der Waals surface area contributed by atoms with E-state index in [-0.39, 0.29) is 47.9 Å². The molecule has 33 heavy (non-hydrogen) atoms. The van der Waals surface area contributed by atoms with Crippen LogP contribution in [-0.4, -0.2) is 82.8 Å². The van der Waals surface area contributed by atoms with E-state index < -0.39 is 6.04 Å². The number of fused-ring (bicyclic) bond motifs is 3. The van der Waals surface area contributed by atoms with Gasteiger partial charge in [0, 0.05) is 37.8 Å². The normalized spacial score (nSPS) is 31.8. The second-order valence-corrected chi connectivity index (χ2v) is 9.78. The fourth-order valence-corrected chi connectivity index (χ4v) is 6.05. The van der Waals surface area contributed by atoms with Crippen molar-refractivity contribution in [2.75, 3.05) is 20.1 Å². The Morgan fingerprint density at radius 1 is 1.30 bits per heavy atom. The van der Waals surface area contributed by atoms with Crippen LogP contribution in [0.3, 0.4) is 0 Å². The SMILES string of the molecule is CNC(=O)c1cccc(C(C)N2C(=O)C3C[C@H]2CN3CC(N)C(=O)N2C(C#N)CC3CC32)c1. The number of amides is 3. The highest BCUT2D eigenvalue weighted by Crippen LogP contribution is 2.48. The molecule has 4 aliphatic rings. The zero-order chi connectivity index (χ0) is 23.4. The Bertz CT molecular complexity index is 1040. The molecule has 0 radical (unpaired) electrons. The molecule has 0 aromatic heterocycles. The average molecular weight is 451 g/mol. The minimum atomic E-state index is -0.734. The molecule has 4 fully saturated rings. The molecule has 3 N–H and O–H groups in total. The summed E-state index contributed by atoms with van der Waals surface area (Å²) in [4.78, 5) is 43.9. The molecule has 3 saturated heterocycles. The lowest BCUT2D eigenvalue weighted by molar-refractivity contribution is -0.141. The summed E-state index contributed by atoms with van der Waals surface area (Å²) in [5, 5.41) is 12.0. The van der Waals surface area contributed by atoms with Crippen molar-refractivity contribution in [1.82, 2.24) is 20.0 Å². The van der Waals surface area contributed by atoms with E-state index in [2.05, 4.69) is 11.4 Å². The first kappa shape index (κ1) is 21.9. The molecule has 1 aliphatic carbocycles. The third-order valence-electron chi connectivity index (χ3n) is 7.85. The van der Waals surface area contributed by atoms with Gasteiger partial charge < -0.3 is 20.9 Å². The predicted molar refractivity (Wildman–Crippen MR) is 120 cm³/mol. The van der Waals surface area contributed by atoms with Gasteiger partial charge in [-0.3, -0.25) is 19.3 Å². The highest BCUT2D eigenvalue weighted by atomic mass is 16.2. The fourth-order valence-electron chi connectivity index (χ4n) is 6.05. The maximum Gasteiger partial charge on any atom is 0.251 e. The van der Waals surface area contributed by atoms with E-state index in [4.69, 9.17) is 5.73 Å². The van der Waals surface area contributed by atoms with Gasteiger partial charge in [-0.15, -0.1) is 0 Å². The van der Waals surface area contributed by atoms with Crippen LogP contribution in [0.25, 0.3) is 0 Å².